The Bertz CT molecular complexity index is 341. The van der Waals surface area contributed by atoms with Gasteiger partial charge in [-0.3, -0.25) is 4.79 Å². The van der Waals surface area contributed by atoms with Crippen LogP contribution in [0.3, 0.4) is 0 Å². The Morgan fingerprint density at radius 3 is 3.12 bits per heavy atom. The standard InChI is InChI=1S/C11H18N2O3S/c1-16-7-3-2-6-12-11-13-9(8-17-11)4-5-10(14)15/h8H,2-7H2,1H3,(H,12,13)(H,14,15). The summed E-state index contributed by atoms with van der Waals surface area (Å²) in [6.07, 6.45) is 2.70. The number of carboxylic acid groups (broad SMARTS) is 1. The van der Waals surface area contributed by atoms with Crippen molar-refractivity contribution in [3.05, 3.63) is 11.1 Å². The first-order valence-electron chi connectivity index (χ1n) is 5.61. The second-order valence-electron chi connectivity index (χ2n) is 3.66. The van der Waals surface area contributed by atoms with Crippen LogP contribution < -0.4 is 5.32 Å². The highest BCUT2D eigenvalue weighted by molar-refractivity contribution is 7.13. The van der Waals surface area contributed by atoms with E-state index in [0.717, 1.165) is 36.8 Å². The summed E-state index contributed by atoms with van der Waals surface area (Å²) in [6.45, 7) is 1.65. The van der Waals surface area contributed by atoms with Crippen molar-refractivity contribution in [2.75, 3.05) is 25.6 Å². The van der Waals surface area contributed by atoms with E-state index in [1.54, 1.807) is 7.11 Å². The van der Waals surface area contributed by atoms with Gasteiger partial charge in [-0.1, -0.05) is 0 Å². The van der Waals surface area contributed by atoms with Crippen molar-refractivity contribution in [1.82, 2.24) is 4.98 Å². The topological polar surface area (TPSA) is 71.5 Å². The molecule has 5 nitrogen and oxygen atoms in total. The van der Waals surface area contributed by atoms with Gasteiger partial charge in [0, 0.05) is 32.1 Å². The smallest absolute Gasteiger partial charge is 0.303 e. The summed E-state index contributed by atoms with van der Waals surface area (Å²) >= 11 is 1.52. The number of nitrogens with zero attached hydrogens (tertiary/aromatic N) is 1. The molecule has 1 aromatic heterocycles. The predicted octanol–water partition coefficient (Wildman–Crippen LogP) is 2.00. The number of aliphatic carboxylic acids is 1. The van der Waals surface area contributed by atoms with Crippen molar-refractivity contribution in [2.45, 2.75) is 25.7 Å². The molecule has 0 amide bonds. The minimum Gasteiger partial charge on any atom is -0.481 e. The van der Waals surface area contributed by atoms with E-state index in [9.17, 15) is 4.79 Å². The summed E-state index contributed by atoms with van der Waals surface area (Å²) in [5.74, 6) is -0.785. The fourth-order valence-electron chi connectivity index (χ4n) is 1.30. The van der Waals surface area contributed by atoms with E-state index in [1.165, 1.54) is 11.3 Å². The van der Waals surface area contributed by atoms with Gasteiger partial charge in [-0.15, -0.1) is 11.3 Å². The second-order valence-corrected chi connectivity index (χ2v) is 4.52. The summed E-state index contributed by atoms with van der Waals surface area (Å²) in [6, 6.07) is 0. The molecule has 0 atom stereocenters. The fraction of sp³-hybridized carbons (Fsp3) is 0.636. The molecule has 17 heavy (non-hydrogen) atoms. The van der Waals surface area contributed by atoms with E-state index in [0.29, 0.717) is 6.42 Å². The fourth-order valence-corrected chi connectivity index (χ4v) is 2.08. The van der Waals surface area contributed by atoms with Crippen LogP contribution in [-0.2, 0) is 16.0 Å². The molecule has 0 fully saturated rings. The van der Waals surface area contributed by atoms with Gasteiger partial charge in [0.25, 0.3) is 0 Å². The molecule has 0 spiro atoms. The number of thiazole rings is 1. The third kappa shape index (κ3) is 6.23. The van der Waals surface area contributed by atoms with Crippen molar-refractivity contribution < 1.29 is 14.6 Å². The number of carbonyl (C=O) groups is 1. The third-order valence-corrected chi connectivity index (χ3v) is 3.05. The minimum absolute atomic E-state index is 0.136. The summed E-state index contributed by atoms with van der Waals surface area (Å²) in [4.78, 5) is 14.7. The van der Waals surface area contributed by atoms with Crippen LogP contribution in [0.25, 0.3) is 0 Å². The molecule has 0 saturated carbocycles. The molecule has 1 rings (SSSR count). The number of aryl methyl sites for hydroxylation is 1. The van der Waals surface area contributed by atoms with Crippen LogP contribution in [0.4, 0.5) is 5.13 Å². The number of carboxylic acids is 1. The van der Waals surface area contributed by atoms with E-state index >= 15 is 0 Å². The van der Waals surface area contributed by atoms with Gasteiger partial charge >= 0.3 is 5.97 Å². The lowest BCUT2D eigenvalue weighted by Crippen LogP contribution is -2.03. The van der Waals surface area contributed by atoms with Gasteiger partial charge in [0.05, 0.1) is 12.1 Å². The highest BCUT2D eigenvalue weighted by Crippen LogP contribution is 2.16. The van der Waals surface area contributed by atoms with E-state index in [2.05, 4.69) is 10.3 Å². The van der Waals surface area contributed by atoms with Crippen LogP contribution in [0.1, 0.15) is 25.0 Å². The van der Waals surface area contributed by atoms with Gasteiger partial charge in [-0.05, 0) is 12.8 Å². The highest BCUT2D eigenvalue weighted by atomic mass is 32.1. The minimum atomic E-state index is -0.785. The van der Waals surface area contributed by atoms with Crippen LogP contribution in [0.5, 0.6) is 0 Å². The number of ether oxygens (including phenoxy) is 1. The van der Waals surface area contributed by atoms with Crippen molar-refractivity contribution in [1.29, 1.82) is 0 Å². The molecular formula is C11H18N2O3S. The average Bonchev–Trinajstić information content (AvgIpc) is 2.74. The molecule has 1 heterocycles. The van der Waals surface area contributed by atoms with Crippen LogP contribution in [0.2, 0.25) is 0 Å². The summed E-state index contributed by atoms with van der Waals surface area (Å²) in [5.41, 5.74) is 0.844. The summed E-state index contributed by atoms with van der Waals surface area (Å²) in [7, 11) is 1.70. The average molecular weight is 258 g/mol. The lowest BCUT2D eigenvalue weighted by molar-refractivity contribution is -0.136. The van der Waals surface area contributed by atoms with E-state index in [4.69, 9.17) is 9.84 Å². The first-order valence-corrected chi connectivity index (χ1v) is 6.49. The molecule has 2 N–H and O–H groups in total. The lowest BCUT2D eigenvalue weighted by atomic mass is 10.2. The Hall–Kier alpha value is -1.14. The first-order chi connectivity index (χ1) is 8.22. The Labute approximate surface area is 105 Å². The lowest BCUT2D eigenvalue weighted by Gasteiger charge is -2.01. The molecule has 0 saturated heterocycles. The van der Waals surface area contributed by atoms with E-state index in [1.807, 2.05) is 5.38 Å². The van der Waals surface area contributed by atoms with Crippen LogP contribution in [0.15, 0.2) is 5.38 Å². The maximum Gasteiger partial charge on any atom is 0.303 e. The Morgan fingerprint density at radius 1 is 1.59 bits per heavy atom. The number of anilines is 1. The zero-order chi connectivity index (χ0) is 12.5. The SMILES string of the molecule is COCCCCNc1nc(CCC(=O)O)cs1. The Morgan fingerprint density at radius 2 is 2.41 bits per heavy atom. The Kier molecular flexibility index (Phi) is 6.57. The third-order valence-electron chi connectivity index (χ3n) is 2.20. The second kappa shape index (κ2) is 8.03. The number of methoxy groups -OCH3 is 1. The maximum atomic E-state index is 10.4. The van der Waals surface area contributed by atoms with Crippen LogP contribution in [-0.4, -0.2) is 36.3 Å². The zero-order valence-electron chi connectivity index (χ0n) is 9.94. The molecule has 96 valence electrons. The van der Waals surface area contributed by atoms with Crippen molar-refractivity contribution in [2.24, 2.45) is 0 Å². The maximum absolute atomic E-state index is 10.4. The van der Waals surface area contributed by atoms with Gasteiger partial charge in [0.15, 0.2) is 5.13 Å². The molecule has 1 aromatic rings. The Balaban J connectivity index is 2.19. The molecular weight excluding hydrogens is 240 g/mol. The summed E-state index contributed by atoms with van der Waals surface area (Å²) < 4.78 is 4.96. The molecule has 0 aliphatic rings. The quantitative estimate of drug-likeness (QED) is 0.663. The highest BCUT2D eigenvalue weighted by Gasteiger charge is 2.04. The van der Waals surface area contributed by atoms with Gasteiger partial charge in [0.1, 0.15) is 0 Å². The van der Waals surface area contributed by atoms with Gasteiger partial charge in [-0.2, -0.15) is 0 Å². The molecule has 0 unspecified atom stereocenters. The first kappa shape index (κ1) is 13.9. The molecule has 0 aliphatic heterocycles. The van der Waals surface area contributed by atoms with Crippen molar-refractivity contribution in [3.8, 4) is 0 Å². The zero-order valence-corrected chi connectivity index (χ0v) is 10.8. The number of unbranched alkanes of at least 4 members (excludes halogenated alkanes) is 1. The number of aromatic nitrogens is 1. The number of rotatable bonds is 9. The van der Waals surface area contributed by atoms with E-state index in [-0.39, 0.29) is 6.42 Å². The van der Waals surface area contributed by atoms with Gasteiger partial charge in [-0.25, -0.2) is 4.98 Å². The number of hydrogen-bond acceptors (Lipinski definition) is 5. The summed E-state index contributed by atoms with van der Waals surface area (Å²) in [5, 5.41) is 14.5. The molecule has 0 bridgehead atoms. The van der Waals surface area contributed by atoms with Crippen LogP contribution >= 0.6 is 11.3 Å². The molecule has 0 aromatic carbocycles. The monoisotopic (exact) mass is 258 g/mol. The van der Waals surface area contributed by atoms with Crippen molar-refractivity contribution in [3.63, 3.8) is 0 Å². The normalized spacial score (nSPS) is 10.4. The van der Waals surface area contributed by atoms with Gasteiger partial charge < -0.3 is 15.2 Å². The molecule has 0 aliphatic carbocycles. The largest absolute Gasteiger partial charge is 0.481 e. The number of nitrogens with one attached hydrogen (secondary N) is 1. The molecule has 6 heteroatoms. The predicted molar refractivity (Wildman–Crippen MR) is 67.7 cm³/mol. The van der Waals surface area contributed by atoms with Gasteiger partial charge in [0.2, 0.25) is 0 Å². The molecule has 0 radical (unpaired) electrons. The van der Waals surface area contributed by atoms with Crippen molar-refractivity contribution >= 4 is 22.4 Å². The number of hydrogen-bond donors (Lipinski definition) is 2. The van der Waals surface area contributed by atoms with E-state index < -0.39 is 5.97 Å². The van der Waals surface area contributed by atoms with Crippen LogP contribution in [0, 0.1) is 0 Å².